The van der Waals surface area contributed by atoms with Crippen LogP contribution in [-0.2, 0) is 4.74 Å². The summed E-state index contributed by atoms with van der Waals surface area (Å²) in [6, 6.07) is 10.4. The summed E-state index contributed by atoms with van der Waals surface area (Å²) in [7, 11) is 0. The summed E-state index contributed by atoms with van der Waals surface area (Å²) in [6.07, 6.45) is 4.09. The van der Waals surface area contributed by atoms with E-state index in [9.17, 15) is 4.79 Å². The smallest absolute Gasteiger partial charge is 0.274 e. The van der Waals surface area contributed by atoms with Crippen LogP contribution in [0.3, 0.4) is 0 Å². The normalized spacial score (nSPS) is 25.6. The number of amides is 1. The van der Waals surface area contributed by atoms with E-state index in [4.69, 9.17) is 10.5 Å². The molecule has 2 saturated heterocycles. The molecule has 2 aliphatic heterocycles. The standard InChI is InChI=1S/C20H25N5O2/c1-14-13-27-18(15-5-3-2-4-6-15)12-25(14)19-10-22-17(9-23-19)20(26)24-8-7-16(21)11-24/h2-6,9-10,14,16,18H,7-8,11-13,21H2,1H3/t14-,16?,18-/m1/s1. The first-order chi connectivity index (χ1) is 13.1. The van der Waals surface area contributed by atoms with Crippen LogP contribution >= 0.6 is 0 Å². The number of carbonyl (C=O) groups is 1. The Hall–Kier alpha value is -2.51. The average Bonchev–Trinajstić information content (AvgIpc) is 3.15. The van der Waals surface area contributed by atoms with Crippen molar-refractivity contribution in [2.45, 2.75) is 31.5 Å². The molecule has 1 aromatic heterocycles. The molecule has 0 saturated carbocycles. The van der Waals surface area contributed by atoms with Gasteiger partial charge in [0.15, 0.2) is 0 Å². The summed E-state index contributed by atoms with van der Waals surface area (Å²) >= 11 is 0. The fourth-order valence-electron chi connectivity index (χ4n) is 3.66. The minimum atomic E-state index is -0.0980. The second kappa shape index (κ2) is 7.62. The first kappa shape index (κ1) is 17.9. The number of benzene rings is 1. The zero-order chi connectivity index (χ0) is 18.8. The van der Waals surface area contributed by atoms with Gasteiger partial charge >= 0.3 is 0 Å². The largest absolute Gasteiger partial charge is 0.370 e. The quantitative estimate of drug-likeness (QED) is 0.887. The molecule has 0 aliphatic carbocycles. The lowest BCUT2D eigenvalue weighted by molar-refractivity contribution is 0.0212. The number of nitrogens with two attached hydrogens (primary N) is 1. The molecule has 2 fully saturated rings. The zero-order valence-corrected chi connectivity index (χ0v) is 15.5. The van der Waals surface area contributed by atoms with E-state index in [1.807, 2.05) is 18.2 Å². The van der Waals surface area contributed by atoms with E-state index in [0.717, 1.165) is 17.8 Å². The molecule has 0 spiro atoms. The van der Waals surface area contributed by atoms with Gasteiger partial charge in [0.25, 0.3) is 5.91 Å². The van der Waals surface area contributed by atoms with E-state index in [2.05, 4.69) is 33.9 Å². The number of hydrogen-bond acceptors (Lipinski definition) is 6. The van der Waals surface area contributed by atoms with Crippen molar-refractivity contribution in [2.24, 2.45) is 5.73 Å². The summed E-state index contributed by atoms with van der Waals surface area (Å²) in [6.45, 7) is 4.69. The molecule has 27 heavy (non-hydrogen) atoms. The highest BCUT2D eigenvalue weighted by atomic mass is 16.5. The number of anilines is 1. The maximum Gasteiger partial charge on any atom is 0.274 e. The molecule has 1 amide bonds. The summed E-state index contributed by atoms with van der Waals surface area (Å²) < 4.78 is 6.01. The van der Waals surface area contributed by atoms with E-state index < -0.39 is 0 Å². The molecule has 4 rings (SSSR count). The van der Waals surface area contributed by atoms with E-state index >= 15 is 0 Å². The molecule has 142 valence electrons. The highest BCUT2D eigenvalue weighted by Gasteiger charge is 2.29. The Kier molecular flexibility index (Phi) is 5.05. The topological polar surface area (TPSA) is 84.6 Å². The lowest BCUT2D eigenvalue weighted by Gasteiger charge is -2.38. The fraction of sp³-hybridized carbons (Fsp3) is 0.450. The highest BCUT2D eigenvalue weighted by Crippen LogP contribution is 2.27. The van der Waals surface area contributed by atoms with Gasteiger partial charge in [-0.05, 0) is 18.9 Å². The molecule has 7 heteroatoms. The van der Waals surface area contributed by atoms with Crippen LogP contribution in [0.1, 0.15) is 35.5 Å². The van der Waals surface area contributed by atoms with Gasteiger partial charge in [0.2, 0.25) is 0 Å². The van der Waals surface area contributed by atoms with E-state index in [1.54, 1.807) is 17.3 Å². The predicted molar refractivity (Wildman–Crippen MR) is 102 cm³/mol. The number of hydrogen-bond donors (Lipinski definition) is 1. The van der Waals surface area contributed by atoms with Gasteiger partial charge in [-0.25, -0.2) is 9.97 Å². The first-order valence-electron chi connectivity index (χ1n) is 9.42. The van der Waals surface area contributed by atoms with E-state index in [1.165, 1.54) is 0 Å². The van der Waals surface area contributed by atoms with Crippen molar-refractivity contribution < 1.29 is 9.53 Å². The van der Waals surface area contributed by atoms with Crippen molar-refractivity contribution in [1.82, 2.24) is 14.9 Å². The summed E-state index contributed by atoms with van der Waals surface area (Å²) in [5.74, 6) is 0.667. The van der Waals surface area contributed by atoms with Gasteiger partial charge in [-0.1, -0.05) is 30.3 Å². The average molecular weight is 367 g/mol. The Morgan fingerprint density at radius 2 is 2.00 bits per heavy atom. The van der Waals surface area contributed by atoms with Crippen LogP contribution < -0.4 is 10.6 Å². The second-order valence-corrected chi connectivity index (χ2v) is 7.29. The van der Waals surface area contributed by atoms with Crippen molar-refractivity contribution in [3.8, 4) is 0 Å². The van der Waals surface area contributed by atoms with Gasteiger partial charge in [-0.2, -0.15) is 0 Å². The molecule has 3 atom stereocenters. The number of carbonyl (C=O) groups excluding carboxylic acids is 1. The number of ether oxygens (including phenoxy) is 1. The van der Waals surface area contributed by atoms with Crippen LogP contribution in [-0.4, -0.2) is 59.1 Å². The van der Waals surface area contributed by atoms with E-state index in [0.29, 0.717) is 31.9 Å². The number of aromatic nitrogens is 2. The van der Waals surface area contributed by atoms with Crippen LogP contribution in [0.4, 0.5) is 5.82 Å². The van der Waals surface area contributed by atoms with Gasteiger partial charge in [0.05, 0.1) is 31.6 Å². The molecule has 1 aromatic carbocycles. The summed E-state index contributed by atoms with van der Waals surface area (Å²) in [5.41, 5.74) is 7.41. The molecule has 2 aromatic rings. The lowest BCUT2D eigenvalue weighted by atomic mass is 10.1. The maximum absolute atomic E-state index is 12.5. The maximum atomic E-state index is 12.5. The Morgan fingerprint density at radius 1 is 1.19 bits per heavy atom. The van der Waals surface area contributed by atoms with Gasteiger partial charge in [0.1, 0.15) is 17.6 Å². The van der Waals surface area contributed by atoms with Crippen LogP contribution in [0.2, 0.25) is 0 Å². The van der Waals surface area contributed by atoms with Gasteiger partial charge < -0.3 is 20.3 Å². The van der Waals surface area contributed by atoms with Crippen LogP contribution in [0.15, 0.2) is 42.7 Å². The van der Waals surface area contributed by atoms with Gasteiger partial charge in [0, 0.05) is 19.1 Å². The lowest BCUT2D eigenvalue weighted by Crippen LogP contribution is -2.45. The van der Waals surface area contributed by atoms with Crippen molar-refractivity contribution in [3.05, 3.63) is 54.0 Å². The Bertz CT molecular complexity index is 783. The van der Waals surface area contributed by atoms with Crippen LogP contribution in [0.5, 0.6) is 0 Å². The molecule has 2 N–H and O–H groups in total. The summed E-state index contributed by atoms with van der Waals surface area (Å²) in [5, 5.41) is 0. The summed E-state index contributed by atoms with van der Waals surface area (Å²) in [4.78, 5) is 25.4. The van der Waals surface area contributed by atoms with Crippen molar-refractivity contribution in [3.63, 3.8) is 0 Å². The van der Waals surface area contributed by atoms with Crippen molar-refractivity contribution in [1.29, 1.82) is 0 Å². The predicted octanol–water partition coefficient (Wildman–Crippen LogP) is 1.62. The molecule has 0 bridgehead atoms. The molecular weight excluding hydrogens is 342 g/mol. The Balaban J connectivity index is 1.48. The minimum Gasteiger partial charge on any atom is -0.370 e. The van der Waals surface area contributed by atoms with Crippen molar-refractivity contribution >= 4 is 11.7 Å². The zero-order valence-electron chi connectivity index (χ0n) is 15.5. The monoisotopic (exact) mass is 367 g/mol. The number of nitrogens with zero attached hydrogens (tertiary/aromatic N) is 4. The number of likely N-dealkylation sites (tertiary alicyclic amines) is 1. The third-order valence-corrected chi connectivity index (χ3v) is 5.27. The number of rotatable bonds is 3. The Labute approximate surface area is 159 Å². The van der Waals surface area contributed by atoms with Crippen molar-refractivity contribution in [2.75, 3.05) is 31.1 Å². The number of morpholine rings is 1. The molecule has 0 radical (unpaired) electrons. The van der Waals surface area contributed by atoms with Crippen LogP contribution in [0, 0.1) is 0 Å². The Morgan fingerprint density at radius 3 is 2.67 bits per heavy atom. The highest BCUT2D eigenvalue weighted by molar-refractivity contribution is 5.92. The molecular formula is C20H25N5O2. The first-order valence-corrected chi connectivity index (χ1v) is 9.42. The minimum absolute atomic E-state index is 0.00315. The molecule has 2 aliphatic rings. The molecule has 3 heterocycles. The van der Waals surface area contributed by atoms with Gasteiger partial charge in [-0.15, -0.1) is 0 Å². The third-order valence-electron chi connectivity index (χ3n) is 5.27. The molecule has 1 unspecified atom stereocenters. The second-order valence-electron chi connectivity index (χ2n) is 7.29. The fourth-order valence-corrected chi connectivity index (χ4v) is 3.66. The van der Waals surface area contributed by atoms with Crippen LogP contribution in [0.25, 0.3) is 0 Å². The SMILES string of the molecule is C[C@@H]1CO[C@@H](c2ccccc2)CN1c1cnc(C(=O)N2CCC(N)C2)cn1. The van der Waals surface area contributed by atoms with E-state index in [-0.39, 0.29) is 24.1 Å². The molecule has 7 nitrogen and oxygen atoms in total. The van der Waals surface area contributed by atoms with Gasteiger partial charge in [-0.3, -0.25) is 4.79 Å². The third kappa shape index (κ3) is 3.79.